The van der Waals surface area contributed by atoms with Crippen LogP contribution in [0.1, 0.15) is 33.6 Å². The van der Waals surface area contributed by atoms with Crippen LogP contribution in [0.5, 0.6) is 0 Å². The van der Waals surface area contributed by atoms with E-state index < -0.39 is 11.7 Å². The van der Waals surface area contributed by atoms with Crippen molar-refractivity contribution in [1.82, 2.24) is 0 Å². The first kappa shape index (κ1) is 12.3. The Balaban J connectivity index is 4.50. The minimum atomic E-state index is -4.19. The summed E-state index contributed by atoms with van der Waals surface area (Å²) < 4.78 is 37.0. The van der Waals surface area contributed by atoms with E-state index in [-0.39, 0.29) is 6.42 Å². The lowest BCUT2D eigenvalue weighted by Crippen LogP contribution is -2.13. The lowest BCUT2D eigenvalue weighted by Gasteiger charge is -2.13. The molecule has 13 heavy (non-hydrogen) atoms. The van der Waals surface area contributed by atoms with Crippen molar-refractivity contribution in [3.63, 3.8) is 0 Å². The van der Waals surface area contributed by atoms with E-state index in [1.54, 1.807) is 6.92 Å². The molecule has 0 saturated heterocycles. The van der Waals surface area contributed by atoms with E-state index in [1.165, 1.54) is 13.8 Å². The van der Waals surface area contributed by atoms with E-state index in [0.717, 1.165) is 5.57 Å². The molecule has 0 unspecified atom stereocenters. The van der Waals surface area contributed by atoms with Crippen molar-refractivity contribution in [1.29, 1.82) is 0 Å². The molecule has 0 aromatic carbocycles. The maximum absolute atomic E-state index is 12.3. The van der Waals surface area contributed by atoms with Gasteiger partial charge in [-0.2, -0.15) is 13.2 Å². The van der Waals surface area contributed by atoms with E-state index >= 15 is 0 Å². The fraction of sp³-hybridized carbons (Fsp3) is 0.600. The van der Waals surface area contributed by atoms with Crippen molar-refractivity contribution in [2.75, 3.05) is 0 Å². The van der Waals surface area contributed by atoms with Crippen molar-refractivity contribution >= 4 is 0 Å². The summed E-state index contributed by atoms with van der Waals surface area (Å²) in [6, 6.07) is 0. The minimum Gasteiger partial charge on any atom is -0.166 e. The van der Waals surface area contributed by atoms with E-state index in [2.05, 4.69) is 6.58 Å². The second-order valence-electron chi connectivity index (χ2n) is 3.43. The van der Waals surface area contributed by atoms with Crippen molar-refractivity contribution < 1.29 is 13.2 Å². The lowest BCUT2D eigenvalue weighted by atomic mass is 10.0. The Bertz CT molecular complexity index is 217. The Morgan fingerprint density at radius 1 is 1.08 bits per heavy atom. The van der Waals surface area contributed by atoms with Gasteiger partial charge in [-0.25, -0.2) is 0 Å². The molecule has 0 saturated carbocycles. The number of rotatable bonds is 3. The second kappa shape index (κ2) is 4.49. The van der Waals surface area contributed by atoms with Crippen LogP contribution in [-0.2, 0) is 0 Å². The Kier molecular flexibility index (Phi) is 4.24. The van der Waals surface area contributed by atoms with Crippen LogP contribution in [0.15, 0.2) is 23.3 Å². The summed E-state index contributed by atoms with van der Waals surface area (Å²) in [5.74, 6) is 0. The van der Waals surface area contributed by atoms with Crippen molar-refractivity contribution in [3.8, 4) is 0 Å². The van der Waals surface area contributed by atoms with Gasteiger partial charge in [-0.15, -0.1) is 6.58 Å². The highest BCUT2D eigenvalue weighted by Gasteiger charge is 2.33. The third-order valence-electron chi connectivity index (χ3n) is 1.75. The highest BCUT2D eigenvalue weighted by atomic mass is 19.4. The predicted molar refractivity (Wildman–Crippen MR) is 48.5 cm³/mol. The molecule has 3 heteroatoms. The molecule has 76 valence electrons. The van der Waals surface area contributed by atoms with Crippen LogP contribution in [0, 0.1) is 0 Å². The zero-order chi connectivity index (χ0) is 10.6. The summed E-state index contributed by atoms with van der Waals surface area (Å²) in [5, 5.41) is 0. The topological polar surface area (TPSA) is 0 Å². The molecule has 0 aliphatic rings. The quantitative estimate of drug-likeness (QED) is 0.586. The molecule has 0 bridgehead atoms. The van der Waals surface area contributed by atoms with Gasteiger partial charge in [-0.1, -0.05) is 11.1 Å². The zero-order valence-corrected chi connectivity index (χ0v) is 8.26. The van der Waals surface area contributed by atoms with Crippen LogP contribution in [0.4, 0.5) is 13.2 Å². The fourth-order valence-electron chi connectivity index (χ4n) is 1.01. The maximum atomic E-state index is 12.3. The highest BCUT2D eigenvalue weighted by Crippen LogP contribution is 2.32. The molecule has 0 nitrogen and oxygen atoms in total. The molecule has 0 aromatic rings. The first-order chi connectivity index (χ1) is 5.75. The molecule has 0 heterocycles. The number of alkyl halides is 3. The average Bonchev–Trinajstić information content (AvgIpc) is 1.81. The van der Waals surface area contributed by atoms with E-state index in [1.807, 2.05) is 0 Å². The molecular formula is C10H15F3. The first-order valence-corrected chi connectivity index (χ1v) is 4.13. The lowest BCUT2D eigenvalue weighted by molar-refractivity contribution is -0.0947. The van der Waals surface area contributed by atoms with Gasteiger partial charge in [-0.3, -0.25) is 0 Å². The van der Waals surface area contributed by atoms with Crippen molar-refractivity contribution in [2.24, 2.45) is 0 Å². The molecule has 0 atom stereocenters. The summed E-state index contributed by atoms with van der Waals surface area (Å²) in [7, 11) is 0. The van der Waals surface area contributed by atoms with E-state index in [4.69, 9.17) is 0 Å². The number of hydrogen-bond donors (Lipinski definition) is 0. The monoisotopic (exact) mass is 192 g/mol. The maximum Gasteiger partial charge on any atom is 0.412 e. The van der Waals surface area contributed by atoms with Gasteiger partial charge in [0.15, 0.2) is 0 Å². The van der Waals surface area contributed by atoms with Crippen LogP contribution >= 0.6 is 0 Å². The summed E-state index contributed by atoms with van der Waals surface area (Å²) >= 11 is 0. The van der Waals surface area contributed by atoms with Gasteiger partial charge in [0.05, 0.1) is 0 Å². The van der Waals surface area contributed by atoms with E-state index in [9.17, 15) is 13.2 Å². The largest absolute Gasteiger partial charge is 0.412 e. The number of halogens is 3. The third kappa shape index (κ3) is 4.76. The standard InChI is InChI=1S/C10H15F3/c1-7(2)5-6-9(8(3)4)10(11,12)13/h1,5-6H2,2-4H3. The normalized spacial score (nSPS) is 11.2. The van der Waals surface area contributed by atoms with Crippen LogP contribution in [-0.4, -0.2) is 6.18 Å². The molecule has 0 aliphatic carbocycles. The summed E-state index contributed by atoms with van der Waals surface area (Å²) in [6.45, 7) is 8.29. The Hall–Kier alpha value is -0.730. The first-order valence-electron chi connectivity index (χ1n) is 4.13. The van der Waals surface area contributed by atoms with Crippen LogP contribution in [0.2, 0.25) is 0 Å². The van der Waals surface area contributed by atoms with Gasteiger partial charge < -0.3 is 0 Å². The third-order valence-corrected chi connectivity index (χ3v) is 1.75. The van der Waals surface area contributed by atoms with E-state index in [0.29, 0.717) is 12.0 Å². The summed E-state index contributed by atoms with van der Waals surface area (Å²) in [4.78, 5) is 0. The van der Waals surface area contributed by atoms with Crippen LogP contribution in [0.25, 0.3) is 0 Å². The average molecular weight is 192 g/mol. The molecule has 0 radical (unpaired) electrons. The minimum absolute atomic E-state index is 0.0428. The Morgan fingerprint density at radius 3 is 1.77 bits per heavy atom. The molecule has 0 aliphatic heterocycles. The van der Waals surface area contributed by atoms with Crippen LogP contribution < -0.4 is 0 Å². The number of allylic oxidation sites excluding steroid dienone is 3. The zero-order valence-electron chi connectivity index (χ0n) is 8.26. The molecule has 0 rings (SSSR count). The fourth-order valence-corrected chi connectivity index (χ4v) is 1.01. The molecule has 0 aromatic heterocycles. The molecule has 0 amide bonds. The molecular weight excluding hydrogens is 177 g/mol. The van der Waals surface area contributed by atoms with Gasteiger partial charge in [0, 0.05) is 5.57 Å². The van der Waals surface area contributed by atoms with Gasteiger partial charge in [0.1, 0.15) is 0 Å². The Morgan fingerprint density at radius 2 is 1.54 bits per heavy atom. The van der Waals surface area contributed by atoms with Crippen molar-refractivity contribution in [3.05, 3.63) is 23.3 Å². The molecule has 0 spiro atoms. The molecule has 0 N–H and O–H groups in total. The summed E-state index contributed by atoms with van der Waals surface area (Å²) in [6.07, 6.45) is -3.74. The van der Waals surface area contributed by atoms with Crippen LogP contribution in [0.3, 0.4) is 0 Å². The number of hydrogen-bond acceptors (Lipinski definition) is 0. The molecule has 0 fully saturated rings. The Labute approximate surface area is 77.1 Å². The second-order valence-corrected chi connectivity index (χ2v) is 3.43. The predicted octanol–water partition coefficient (Wildman–Crippen LogP) is 4.24. The van der Waals surface area contributed by atoms with Gasteiger partial charge >= 0.3 is 6.18 Å². The highest BCUT2D eigenvalue weighted by molar-refractivity contribution is 5.16. The smallest absolute Gasteiger partial charge is 0.166 e. The van der Waals surface area contributed by atoms with Gasteiger partial charge in [-0.05, 0) is 33.6 Å². The van der Waals surface area contributed by atoms with Gasteiger partial charge in [0.25, 0.3) is 0 Å². The summed E-state index contributed by atoms with van der Waals surface area (Å²) in [5.41, 5.74) is 0.701. The SMILES string of the molecule is C=C(C)CCC(=C(C)C)C(F)(F)F. The van der Waals surface area contributed by atoms with Crippen molar-refractivity contribution in [2.45, 2.75) is 39.8 Å². The van der Waals surface area contributed by atoms with Gasteiger partial charge in [0.2, 0.25) is 0 Å².